The SMILES string of the molecule is CC(C)SC(C)(C)C(C)C. The normalized spacial score (nSPS) is 13.2. The highest BCUT2D eigenvalue weighted by Crippen LogP contribution is 2.34. The molecule has 62 valence electrons. The largest absolute Gasteiger partial charge is 0.153 e. The van der Waals surface area contributed by atoms with Crippen molar-refractivity contribution in [2.45, 2.75) is 51.5 Å². The maximum Gasteiger partial charge on any atom is 0.0129 e. The van der Waals surface area contributed by atoms with Gasteiger partial charge in [-0.25, -0.2) is 0 Å². The molecule has 0 amide bonds. The summed E-state index contributed by atoms with van der Waals surface area (Å²) in [5.74, 6) is 0.764. The van der Waals surface area contributed by atoms with Gasteiger partial charge >= 0.3 is 0 Å². The Bertz CT molecular complexity index is 92.9. The predicted molar refractivity (Wildman–Crippen MR) is 51.6 cm³/mol. The quantitative estimate of drug-likeness (QED) is 0.608. The zero-order valence-electron chi connectivity index (χ0n) is 8.06. The molecule has 0 saturated carbocycles. The molecule has 0 aromatic rings. The molecule has 0 nitrogen and oxygen atoms in total. The number of rotatable bonds is 3. The maximum absolute atomic E-state index is 2.32. The Morgan fingerprint density at radius 3 is 1.50 bits per heavy atom. The lowest BCUT2D eigenvalue weighted by molar-refractivity contribution is 0.502. The van der Waals surface area contributed by atoms with Crippen molar-refractivity contribution < 1.29 is 0 Å². The van der Waals surface area contributed by atoms with Gasteiger partial charge in [-0.2, -0.15) is 11.8 Å². The Balaban J connectivity index is 3.87. The average Bonchev–Trinajstić information content (AvgIpc) is 1.60. The highest BCUT2D eigenvalue weighted by Gasteiger charge is 2.23. The summed E-state index contributed by atoms with van der Waals surface area (Å²) in [6.45, 7) is 13.7. The average molecular weight is 160 g/mol. The van der Waals surface area contributed by atoms with Gasteiger partial charge in [-0.1, -0.05) is 41.5 Å². The molecule has 0 heterocycles. The second-order valence-electron chi connectivity index (χ2n) is 3.92. The van der Waals surface area contributed by atoms with E-state index in [1.165, 1.54) is 0 Å². The summed E-state index contributed by atoms with van der Waals surface area (Å²) in [6, 6.07) is 0. The smallest absolute Gasteiger partial charge is 0.0129 e. The Morgan fingerprint density at radius 1 is 1.00 bits per heavy atom. The van der Waals surface area contributed by atoms with E-state index in [1.807, 2.05) is 0 Å². The molecule has 0 unspecified atom stereocenters. The summed E-state index contributed by atoms with van der Waals surface area (Å²) in [5.41, 5.74) is 0. The van der Waals surface area contributed by atoms with Gasteiger partial charge in [0.1, 0.15) is 0 Å². The van der Waals surface area contributed by atoms with E-state index < -0.39 is 0 Å². The van der Waals surface area contributed by atoms with Gasteiger partial charge in [0.05, 0.1) is 0 Å². The molecule has 0 aliphatic rings. The van der Waals surface area contributed by atoms with Crippen LogP contribution in [0.4, 0.5) is 0 Å². The van der Waals surface area contributed by atoms with Gasteiger partial charge in [0.15, 0.2) is 0 Å². The van der Waals surface area contributed by atoms with Crippen LogP contribution in [-0.2, 0) is 0 Å². The van der Waals surface area contributed by atoms with E-state index in [9.17, 15) is 0 Å². The summed E-state index contributed by atoms with van der Waals surface area (Å²) in [7, 11) is 0. The fourth-order valence-electron chi connectivity index (χ4n) is 0.744. The van der Waals surface area contributed by atoms with E-state index in [1.54, 1.807) is 0 Å². The Morgan fingerprint density at radius 2 is 1.40 bits per heavy atom. The Hall–Kier alpha value is 0.350. The number of hydrogen-bond donors (Lipinski definition) is 0. The zero-order chi connectivity index (χ0) is 8.36. The highest BCUT2D eigenvalue weighted by molar-refractivity contribution is 8.01. The van der Waals surface area contributed by atoms with Crippen LogP contribution >= 0.6 is 11.8 Å². The van der Waals surface area contributed by atoms with Gasteiger partial charge in [-0.3, -0.25) is 0 Å². The molecule has 1 heteroatoms. The predicted octanol–water partition coefficient (Wildman–Crippen LogP) is 3.56. The van der Waals surface area contributed by atoms with Crippen LogP contribution in [0, 0.1) is 5.92 Å². The van der Waals surface area contributed by atoms with Crippen molar-refractivity contribution in [3.63, 3.8) is 0 Å². The highest BCUT2D eigenvalue weighted by atomic mass is 32.2. The molecule has 0 atom stereocenters. The third-order valence-electron chi connectivity index (χ3n) is 1.93. The van der Waals surface area contributed by atoms with E-state index in [0.717, 1.165) is 11.2 Å². The first-order chi connectivity index (χ1) is 4.36. The van der Waals surface area contributed by atoms with Gasteiger partial charge in [0, 0.05) is 4.75 Å². The van der Waals surface area contributed by atoms with E-state index in [-0.39, 0.29) is 0 Å². The van der Waals surface area contributed by atoms with Gasteiger partial charge in [0.2, 0.25) is 0 Å². The summed E-state index contributed by atoms with van der Waals surface area (Å²) in [4.78, 5) is 0. The minimum atomic E-state index is 0.439. The second-order valence-corrected chi connectivity index (χ2v) is 6.16. The minimum Gasteiger partial charge on any atom is -0.153 e. The molecule has 0 saturated heterocycles. The molecule has 0 rings (SSSR count). The molecule has 0 bridgehead atoms. The van der Waals surface area contributed by atoms with E-state index in [0.29, 0.717) is 4.75 Å². The van der Waals surface area contributed by atoms with Crippen molar-refractivity contribution in [1.29, 1.82) is 0 Å². The van der Waals surface area contributed by atoms with Crippen molar-refractivity contribution >= 4 is 11.8 Å². The molecular formula is C9H20S. The third-order valence-corrected chi connectivity index (χ3v) is 3.48. The van der Waals surface area contributed by atoms with Gasteiger partial charge < -0.3 is 0 Å². The minimum absolute atomic E-state index is 0.439. The van der Waals surface area contributed by atoms with Gasteiger partial charge in [0.25, 0.3) is 0 Å². The van der Waals surface area contributed by atoms with Gasteiger partial charge in [-0.15, -0.1) is 0 Å². The topological polar surface area (TPSA) is 0 Å². The molecule has 10 heavy (non-hydrogen) atoms. The monoisotopic (exact) mass is 160 g/mol. The first-order valence-electron chi connectivity index (χ1n) is 4.04. The van der Waals surface area contributed by atoms with Crippen LogP contribution in [0.15, 0.2) is 0 Å². The molecular weight excluding hydrogens is 140 g/mol. The van der Waals surface area contributed by atoms with Gasteiger partial charge in [-0.05, 0) is 11.2 Å². The molecule has 0 spiro atoms. The van der Waals surface area contributed by atoms with Crippen molar-refractivity contribution in [2.24, 2.45) is 5.92 Å². The molecule has 0 N–H and O–H groups in total. The number of thioether (sulfide) groups is 1. The van der Waals surface area contributed by atoms with Crippen molar-refractivity contribution in [2.75, 3.05) is 0 Å². The van der Waals surface area contributed by atoms with Crippen LogP contribution in [0.2, 0.25) is 0 Å². The summed E-state index contributed by atoms with van der Waals surface area (Å²) < 4.78 is 0.439. The fourth-order valence-corrected chi connectivity index (χ4v) is 2.23. The van der Waals surface area contributed by atoms with Crippen LogP contribution < -0.4 is 0 Å². The third kappa shape index (κ3) is 3.50. The molecule has 0 aliphatic carbocycles. The maximum atomic E-state index is 2.32. The molecule has 0 radical (unpaired) electrons. The molecule has 0 aromatic heterocycles. The van der Waals surface area contributed by atoms with Crippen LogP contribution in [0.1, 0.15) is 41.5 Å². The van der Waals surface area contributed by atoms with E-state index >= 15 is 0 Å². The molecule has 0 fully saturated rings. The molecule has 0 aromatic carbocycles. The second kappa shape index (κ2) is 3.66. The zero-order valence-corrected chi connectivity index (χ0v) is 8.88. The van der Waals surface area contributed by atoms with E-state index in [2.05, 4.69) is 53.3 Å². The standard InChI is InChI=1S/C9H20S/c1-7(2)9(5,6)10-8(3)4/h7-8H,1-6H3. The first-order valence-corrected chi connectivity index (χ1v) is 4.92. The lowest BCUT2D eigenvalue weighted by Crippen LogP contribution is -2.24. The van der Waals surface area contributed by atoms with Crippen LogP contribution in [0.3, 0.4) is 0 Å². The van der Waals surface area contributed by atoms with Crippen LogP contribution in [0.25, 0.3) is 0 Å². The molecule has 0 aliphatic heterocycles. The summed E-state index contributed by atoms with van der Waals surface area (Å²) in [5, 5.41) is 0.748. The lowest BCUT2D eigenvalue weighted by Gasteiger charge is -2.30. The summed E-state index contributed by atoms with van der Waals surface area (Å²) in [6.07, 6.45) is 0. The van der Waals surface area contributed by atoms with Crippen molar-refractivity contribution in [3.8, 4) is 0 Å². The Kier molecular flexibility index (Phi) is 3.79. The number of hydrogen-bond acceptors (Lipinski definition) is 1. The van der Waals surface area contributed by atoms with Crippen LogP contribution in [-0.4, -0.2) is 10.00 Å². The lowest BCUT2D eigenvalue weighted by atomic mass is 10.00. The summed E-state index contributed by atoms with van der Waals surface area (Å²) >= 11 is 2.06. The fraction of sp³-hybridized carbons (Fsp3) is 1.00. The van der Waals surface area contributed by atoms with Crippen molar-refractivity contribution in [1.82, 2.24) is 0 Å². The van der Waals surface area contributed by atoms with E-state index in [4.69, 9.17) is 0 Å². The Labute approximate surface area is 69.8 Å². The van der Waals surface area contributed by atoms with Crippen LogP contribution in [0.5, 0.6) is 0 Å². The first kappa shape index (κ1) is 10.3. The van der Waals surface area contributed by atoms with Crippen molar-refractivity contribution in [3.05, 3.63) is 0 Å².